The van der Waals surface area contributed by atoms with Gasteiger partial charge in [-0.15, -0.1) is 0 Å². The van der Waals surface area contributed by atoms with Crippen molar-refractivity contribution in [1.29, 1.82) is 0 Å². The molecule has 86 valence electrons. The third-order valence-corrected chi connectivity index (χ3v) is 2.72. The lowest BCUT2D eigenvalue weighted by atomic mass is 10.3. The van der Waals surface area contributed by atoms with Crippen molar-refractivity contribution in [1.82, 2.24) is 9.88 Å². The molecule has 1 aromatic carbocycles. The molecule has 4 nitrogen and oxygen atoms in total. The van der Waals surface area contributed by atoms with Crippen LogP contribution in [0.15, 0.2) is 28.7 Å². The van der Waals surface area contributed by atoms with E-state index in [9.17, 15) is 0 Å². The molecule has 0 spiro atoms. The lowest BCUT2D eigenvalue weighted by Crippen LogP contribution is -2.31. The fourth-order valence-corrected chi connectivity index (χ4v) is 1.37. The van der Waals surface area contributed by atoms with Crippen LogP contribution < -0.4 is 5.32 Å². The normalized spacial score (nSPS) is 13.2. The van der Waals surface area contributed by atoms with E-state index >= 15 is 0 Å². The minimum atomic E-state index is 0.440. The van der Waals surface area contributed by atoms with Crippen LogP contribution in [0.25, 0.3) is 11.1 Å². The van der Waals surface area contributed by atoms with Crippen LogP contribution in [0.5, 0.6) is 0 Å². The second-order valence-corrected chi connectivity index (χ2v) is 4.18. The van der Waals surface area contributed by atoms with Crippen molar-refractivity contribution >= 4 is 17.1 Å². The number of hydrogen-bond acceptors (Lipinski definition) is 4. The zero-order chi connectivity index (χ0) is 11.5. The Hall–Kier alpha value is -1.55. The van der Waals surface area contributed by atoms with Crippen LogP contribution in [0.3, 0.4) is 0 Å². The molecule has 0 amide bonds. The summed E-state index contributed by atoms with van der Waals surface area (Å²) >= 11 is 0. The van der Waals surface area contributed by atoms with Gasteiger partial charge in [0.05, 0.1) is 0 Å². The second-order valence-electron chi connectivity index (χ2n) is 4.18. The largest absolute Gasteiger partial charge is 0.424 e. The maximum atomic E-state index is 5.56. The number of fused-ring (bicyclic) bond motifs is 1. The first-order chi connectivity index (χ1) is 7.66. The molecule has 0 saturated heterocycles. The Balaban J connectivity index is 2.05. The van der Waals surface area contributed by atoms with Crippen molar-refractivity contribution in [2.75, 3.05) is 26.0 Å². The van der Waals surface area contributed by atoms with Crippen molar-refractivity contribution in [3.63, 3.8) is 0 Å². The predicted octanol–water partition coefficient (Wildman–Crippen LogP) is 2.19. The number of rotatable bonds is 4. The van der Waals surface area contributed by atoms with Gasteiger partial charge in [-0.2, -0.15) is 4.98 Å². The van der Waals surface area contributed by atoms with E-state index in [1.807, 2.05) is 24.3 Å². The standard InChI is InChI=1S/C12H17N3O/c1-9(15(2)3)8-13-12-14-10-6-4-5-7-11(10)16-12/h4-7,9H,8H2,1-3H3,(H,13,14). The molecule has 1 unspecified atom stereocenters. The summed E-state index contributed by atoms with van der Waals surface area (Å²) in [5.41, 5.74) is 1.71. The van der Waals surface area contributed by atoms with Crippen LogP contribution in [0.2, 0.25) is 0 Å². The number of hydrogen-bond donors (Lipinski definition) is 1. The van der Waals surface area contributed by atoms with Gasteiger partial charge in [0.25, 0.3) is 6.01 Å². The van der Waals surface area contributed by atoms with E-state index in [0.717, 1.165) is 17.6 Å². The number of anilines is 1. The first-order valence-electron chi connectivity index (χ1n) is 5.42. The minimum absolute atomic E-state index is 0.440. The molecule has 4 heteroatoms. The molecular formula is C12H17N3O. The van der Waals surface area contributed by atoms with E-state index in [2.05, 4.69) is 36.2 Å². The number of nitrogens with zero attached hydrogens (tertiary/aromatic N) is 2. The Morgan fingerprint density at radius 3 is 2.81 bits per heavy atom. The molecular weight excluding hydrogens is 202 g/mol. The summed E-state index contributed by atoms with van der Waals surface area (Å²) < 4.78 is 5.56. The molecule has 0 aliphatic carbocycles. The maximum Gasteiger partial charge on any atom is 0.295 e. The molecule has 0 fully saturated rings. The quantitative estimate of drug-likeness (QED) is 0.855. The highest BCUT2D eigenvalue weighted by Crippen LogP contribution is 2.17. The molecule has 0 radical (unpaired) electrons. The molecule has 1 atom stereocenters. The number of oxazole rings is 1. The molecule has 0 saturated carbocycles. The van der Waals surface area contributed by atoms with Gasteiger partial charge in [-0.3, -0.25) is 0 Å². The van der Waals surface area contributed by atoms with E-state index in [-0.39, 0.29) is 0 Å². The van der Waals surface area contributed by atoms with Crippen LogP contribution >= 0.6 is 0 Å². The summed E-state index contributed by atoms with van der Waals surface area (Å²) in [5.74, 6) is 0. The summed E-state index contributed by atoms with van der Waals surface area (Å²) in [5, 5.41) is 3.20. The molecule has 1 N–H and O–H groups in total. The van der Waals surface area contributed by atoms with Gasteiger partial charge in [-0.25, -0.2) is 0 Å². The smallest absolute Gasteiger partial charge is 0.295 e. The fourth-order valence-electron chi connectivity index (χ4n) is 1.37. The highest BCUT2D eigenvalue weighted by atomic mass is 16.4. The second kappa shape index (κ2) is 4.53. The molecule has 2 aromatic rings. The molecule has 0 bridgehead atoms. The number of likely N-dealkylation sites (N-methyl/N-ethyl adjacent to an activating group) is 1. The Morgan fingerprint density at radius 1 is 1.38 bits per heavy atom. The monoisotopic (exact) mass is 219 g/mol. The predicted molar refractivity (Wildman–Crippen MR) is 65.6 cm³/mol. The Kier molecular flexibility index (Phi) is 3.10. The van der Waals surface area contributed by atoms with E-state index in [1.54, 1.807) is 0 Å². The maximum absolute atomic E-state index is 5.56. The molecule has 1 heterocycles. The zero-order valence-corrected chi connectivity index (χ0v) is 9.90. The van der Waals surface area contributed by atoms with Crippen molar-refractivity contribution in [3.8, 4) is 0 Å². The van der Waals surface area contributed by atoms with Crippen LogP contribution in [-0.2, 0) is 0 Å². The number of para-hydroxylation sites is 2. The van der Waals surface area contributed by atoms with E-state index in [4.69, 9.17) is 4.42 Å². The molecule has 0 aliphatic rings. The SMILES string of the molecule is CC(CNc1nc2ccccc2o1)N(C)C. The molecule has 16 heavy (non-hydrogen) atoms. The number of benzene rings is 1. The topological polar surface area (TPSA) is 41.3 Å². The van der Waals surface area contributed by atoms with Gasteiger partial charge < -0.3 is 14.6 Å². The number of nitrogens with one attached hydrogen (secondary N) is 1. The van der Waals surface area contributed by atoms with E-state index in [1.165, 1.54) is 0 Å². The average Bonchev–Trinajstić information content (AvgIpc) is 2.68. The van der Waals surface area contributed by atoms with Gasteiger partial charge in [-0.1, -0.05) is 12.1 Å². The Labute approximate surface area is 95.3 Å². The number of aromatic nitrogens is 1. The molecule has 1 aromatic heterocycles. The highest BCUT2D eigenvalue weighted by Gasteiger charge is 2.07. The summed E-state index contributed by atoms with van der Waals surface area (Å²) in [4.78, 5) is 6.50. The van der Waals surface area contributed by atoms with E-state index in [0.29, 0.717) is 12.1 Å². The molecule has 2 rings (SSSR count). The lowest BCUT2D eigenvalue weighted by Gasteiger charge is -2.19. The van der Waals surface area contributed by atoms with Gasteiger partial charge in [0, 0.05) is 12.6 Å². The van der Waals surface area contributed by atoms with Crippen molar-refractivity contribution in [3.05, 3.63) is 24.3 Å². The van der Waals surface area contributed by atoms with Crippen molar-refractivity contribution < 1.29 is 4.42 Å². The third kappa shape index (κ3) is 2.33. The van der Waals surface area contributed by atoms with Gasteiger partial charge in [0.2, 0.25) is 0 Å². The van der Waals surface area contributed by atoms with E-state index < -0.39 is 0 Å². The minimum Gasteiger partial charge on any atom is -0.424 e. The average molecular weight is 219 g/mol. The lowest BCUT2D eigenvalue weighted by molar-refractivity contribution is 0.324. The summed E-state index contributed by atoms with van der Waals surface area (Å²) in [7, 11) is 4.11. The summed E-state index contributed by atoms with van der Waals surface area (Å²) in [6.45, 7) is 2.97. The Bertz CT molecular complexity index is 431. The zero-order valence-electron chi connectivity index (χ0n) is 9.90. The highest BCUT2D eigenvalue weighted by molar-refractivity contribution is 5.74. The first-order valence-corrected chi connectivity index (χ1v) is 5.42. The van der Waals surface area contributed by atoms with Crippen LogP contribution in [0, 0.1) is 0 Å². The van der Waals surface area contributed by atoms with Gasteiger partial charge >= 0.3 is 0 Å². The van der Waals surface area contributed by atoms with Gasteiger partial charge in [0.15, 0.2) is 5.58 Å². The van der Waals surface area contributed by atoms with Crippen LogP contribution in [0.1, 0.15) is 6.92 Å². The van der Waals surface area contributed by atoms with Gasteiger partial charge in [-0.05, 0) is 33.2 Å². The first kappa shape index (κ1) is 11.0. The third-order valence-electron chi connectivity index (χ3n) is 2.72. The summed E-state index contributed by atoms with van der Waals surface area (Å²) in [6.07, 6.45) is 0. The van der Waals surface area contributed by atoms with Crippen LogP contribution in [-0.4, -0.2) is 36.6 Å². The van der Waals surface area contributed by atoms with Gasteiger partial charge in [0.1, 0.15) is 5.52 Å². The summed E-state index contributed by atoms with van der Waals surface area (Å²) in [6, 6.07) is 8.80. The fraction of sp³-hybridized carbons (Fsp3) is 0.417. The molecule has 0 aliphatic heterocycles. The van der Waals surface area contributed by atoms with Crippen molar-refractivity contribution in [2.24, 2.45) is 0 Å². The Morgan fingerprint density at radius 2 is 2.12 bits per heavy atom. The van der Waals surface area contributed by atoms with Crippen molar-refractivity contribution in [2.45, 2.75) is 13.0 Å². The van der Waals surface area contributed by atoms with Crippen LogP contribution in [0.4, 0.5) is 6.01 Å².